The monoisotopic (exact) mass is 172 g/mol. The van der Waals surface area contributed by atoms with Crippen LogP contribution in [0.15, 0.2) is 5.51 Å². The Labute approximate surface area is 69.8 Å². The molecule has 0 bridgehead atoms. The van der Waals surface area contributed by atoms with Crippen LogP contribution in [0.5, 0.6) is 0 Å². The molecule has 4 nitrogen and oxygen atoms in total. The molecule has 1 aromatic heterocycles. The van der Waals surface area contributed by atoms with Crippen LogP contribution in [0.25, 0.3) is 0 Å². The number of nitrogens with zero attached hydrogens (tertiary/aromatic N) is 2. The number of hydrogen-bond acceptors (Lipinski definition) is 5. The molecule has 0 saturated heterocycles. The van der Waals surface area contributed by atoms with E-state index >= 15 is 0 Å². The average molecular weight is 172 g/mol. The molecule has 1 rings (SSSR count). The predicted octanol–water partition coefficient (Wildman–Crippen LogP) is 0.687. The summed E-state index contributed by atoms with van der Waals surface area (Å²) in [6.07, 6.45) is 0.958. The van der Waals surface area contributed by atoms with Gasteiger partial charge in [0, 0.05) is 12.6 Å². The van der Waals surface area contributed by atoms with Crippen molar-refractivity contribution in [2.45, 2.75) is 19.4 Å². The molecule has 0 amide bonds. The maximum absolute atomic E-state index is 5.56. The number of nitrogens with two attached hydrogens (primary N) is 1. The van der Waals surface area contributed by atoms with Crippen molar-refractivity contribution in [3.8, 4) is 0 Å². The van der Waals surface area contributed by atoms with Crippen molar-refractivity contribution in [3.63, 3.8) is 0 Å². The minimum atomic E-state index is 0.246. The molecule has 3 N–H and O–H groups in total. The Morgan fingerprint density at radius 3 is 3.18 bits per heavy atom. The van der Waals surface area contributed by atoms with E-state index in [0.717, 1.165) is 18.1 Å². The van der Waals surface area contributed by atoms with Crippen LogP contribution in [-0.2, 0) is 0 Å². The third-order valence-electron chi connectivity index (χ3n) is 1.24. The molecule has 0 aromatic carbocycles. The van der Waals surface area contributed by atoms with Crippen molar-refractivity contribution < 1.29 is 0 Å². The number of anilines is 1. The van der Waals surface area contributed by atoms with E-state index in [9.17, 15) is 0 Å². The molecule has 0 aliphatic rings. The molecule has 0 aliphatic heterocycles. The van der Waals surface area contributed by atoms with Gasteiger partial charge < -0.3 is 11.1 Å². The molecular weight excluding hydrogens is 160 g/mol. The van der Waals surface area contributed by atoms with Crippen molar-refractivity contribution >= 4 is 16.5 Å². The van der Waals surface area contributed by atoms with Gasteiger partial charge in [0.2, 0.25) is 5.13 Å². The summed E-state index contributed by atoms with van der Waals surface area (Å²) in [5.74, 6) is 0. The van der Waals surface area contributed by atoms with Gasteiger partial charge in [0.05, 0.1) is 0 Å². The maximum atomic E-state index is 5.56. The first kappa shape index (κ1) is 8.42. The van der Waals surface area contributed by atoms with Crippen LogP contribution < -0.4 is 11.1 Å². The fraction of sp³-hybridized carbons (Fsp3) is 0.667. The van der Waals surface area contributed by atoms with Gasteiger partial charge in [-0.2, -0.15) is 0 Å². The van der Waals surface area contributed by atoms with E-state index in [-0.39, 0.29) is 6.04 Å². The predicted molar refractivity (Wildman–Crippen MR) is 46.7 cm³/mol. The highest BCUT2D eigenvalue weighted by atomic mass is 32.1. The molecule has 0 spiro atoms. The largest absolute Gasteiger partial charge is 0.360 e. The van der Waals surface area contributed by atoms with Gasteiger partial charge in [0.15, 0.2) is 0 Å². The second-order valence-electron chi connectivity index (χ2n) is 2.44. The first-order valence-electron chi connectivity index (χ1n) is 3.54. The van der Waals surface area contributed by atoms with Crippen LogP contribution in [0, 0.1) is 0 Å². The van der Waals surface area contributed by atoms with E-state index in [0.29, 0.717) is 0 Å². The van der Waals surface area contributed by atoms with Gasteiger partial charge in [-0.25, -0.2) is 0 Å². The lowest BCUT2D eigenvalue weighted by Crippen LogP contribution is -2.19. The van der Waals surface area contributed by atoms with Crippen molar-refractivity contribution in [1.29, 1.82) is 0 Å². The molecule has 0 fully saturated rings. The normalized spacial score (nSPS) is 12.9. The number of rotatable bonds is 4. The lowest BCUT2D eigenvalue weighted by molar-refractivity contribution is 0.689. The Morgan fingerprint density at radius 1 is 1.82 bits per heavy atom. The molecule has 1 unspecified atom stereocenters. The van der Waals surface area contributed by atoms with E-state index in [1.54, 1.807) is 5.51 Å². The lowest BCUT2D eigenvalue weighted by atomic mass is 10.2. The summed E-state index contributed by atoms with van der Waals surface area (Å²) >= 11 is 1.50. The molecule has 1 aromatic rings. The van der Waals surface area contributed by atoms with Gasteiger partial charge >= 0.3 is 0 Å². The van der Waals surface area contributed by atoms with Crippen molar-refractivity contribution in [1.82, 2.24) is 10.2 Å². The van der Waals surface area contributed by atoms with Crippen molar-refractivity contribution in [3.05, 3.63) is 5.51 Å². The summed E-state index contributed by atoms with van der Waals surface area (Å²) in [7, 11) is 0. The number of nitrogens with one attached hydrogen (secondary N) is 1. The van der Waals surface area contributed by atoms with Gasteiger partial charge in [-0.1, -0.05) is 11.3 Å². The van der Waals surface area contributed by atoms with Crippen LogP contribution in [-0.4, -0.2) is 22.8 Å². The first-order chi connectivity index (χ1) is 5.29. The molecule has 1 heterocycles. The van der Waals surface area contributed by atoms with E-state index in [1.165, 1.54) is 11.3 Å². The summed E-state index contributed by atoms with van der Waals surface area (Å²) in [5, 5.41) is 11.5. The minimum absolute atomic E-state index is 0.246. The lowest BCUT2D eigenvalue weighted by Gasteiger charge is -2.03. The summed E-state index contributed by atoms with van der Waals surface area (Å²) in [4.78, 5) is 0. The Hall–Kier alpha value is -0.680. The van der Waals surface area contributed by atoms with Gasteiger partial charge in [-0.3, -0.25) is 0 Å². The van der Waals surface area contributed by atoms with Crippen molar-refractivity contribution in [2.75, 3.05) is 11.9 Å². The van der Waals surface area contributed by atoms with Gasteiger partial charge in [0.25, 0.3) is 0 Å². The van der Waals surface area contributed by atoms with Crippen LogP contribution in [0.3, 0.4) is 0 Å². The highest BCUT2D eigenvalue weighted by Crippen LogP contribution is 2.07. The zero-order valence-corrected chi connectivity index (χ0v) is 7.27. The van der Waals surface area contributed by atoms with Crippen LogP contribution in [0.2, 0.25) is 0 Å². The zero-order chi connectivity index (χ0) is 8.10. The maximum Gasteiger partial charge on any atom is 0.205 e. The average Bonchev–Trinajstić information content (AvgIpc) is 2.39. The summed E-state index contributed by atoms with van der Waals surface area (Å²) in [6, 6.07) is 0.246. The van der Waals surface area contributed by atoms with Crippen LogP contribution in [0.4, 0.5) is 5.13 Å². The number of aromatic nitrogens is 2. The van der Waals surface area contributed by atoms with E-state index in [1.807, 2.05) is 6.92 Å². The van der Waals surface area contributed by atoms with E-state index < -0.39 is 0 Å². The van der Waals surface area contributed by atoms with Crippen LogP contribution in [0.1, 0.15) is 13.3 Å². The standard InChI is InChI=1S/C6H12N4S/c1-5(7)2-3-8-6-10-9-4-11-6/h4-5H,2-3,7H2,1H3,(H,8,10). The highest BCUT2D eigenvalue weighted by Gasteiger charge is 1.95. The van der Waals surface area contributed by atoms with Crippen molar-refractivity contribution in [2.24, 2.45) is 5.73 Å². The first-order valence-corrected chi connectivity index (χ1v) is 4.42. The van der Waals surface area contributed by atoms with Gasteiger partial charge in [-0.15, -0.1) is 10.2 Å². The molecule has 5 heteroatoms. The third kappa shape index (κ3) is 3.29. The minimum Gasteiger partial charge on any atom is -0.360 e. The molecular formula is C6H12N4S. The van der Waals surface area contributed by atoms with Gasteiger partial charge in [0.1, 0.15) is 5.51 Å². The fourth-order valence-electron chi connectivity index (χ4n) is 0.657. The Kier molecular flexibility index (Phi) is 3.25. The number of hydrogen-bond donors (Lipinski definition) is 2. The van der Waals surface area contributed by atoms with Gasteiger partial charge in [-0.05, 0) is 13.3 Å². The Balaban J connectivity index is 2.14. The zero-order valence-electron chi connectivity index (χ0n) is 6.45. The fourth-order valence-corrected chi connectivity index (χ4v) is 1.13. The molecule has 0 radical (unpaired) electrons. The molecule has 0 saturated carbocycles. The Bertz CT molecular complexity index is 184. The van der Waals surface area contributed by atoms with E-state index in [4.69, 9.17) is 5.73 Å². The highest BCUT2D eigenvalue weighted by molar-refractivity contribution is 7.13. The second kappa shape index (κ2) is 4.25. The topological polar surface area (TPSA) is 63.8 Å². The van der Waals surface area contributed by atoms with Crippen LogP contribution >= 0.6 is 11.3 Å². The molecule has 62 valence electrons. The molecule has 1 atom stereocenters. The molecule has 11 heavy (non-hydrogen) atoms. The van der Waals surface area contributed by atoms with E-state index in [2.05, 4.69) is 15.5 Å². The quantitative estimate of drug-likeness (QED) is 0.701. The SMILES string of the molecule is CC(N)CCNc1nncs1. The summed E-state index contributed by atoms with van der Waals surface area (Å²) in [6.45, 7) is 2.86. The molecule has 0 aliphatic carbocycles. The smallest absolute Gasteiger partial charge is 0.205 e. The Morgan fingerprint density at radius 2 is 2.64 bits per heavy atom. The summed E-state index contributed by atoms with van der Waals surface area (Å²) in [5.41, 5.74) is 7.26. The second-order valence-corrected chi connectivity index (χ2v) is 3.27. The third-order valence-corrected chi connectivity index (χ3v) is 1.88. The summed E-state index contributed by atoms with van der Waals surface area (Å²) < 4.78 is 0.